The van der Waals surface area contributed by atoms with Crippen molar-refractivity contribution < 1.29 is 4.79 Å². The molecule has 1 aromatic rings. The molecule has 0 atom stereocenters. The highest BCUT2D eigenvalue weighted by Gasteiger charge is 2.26. The summed E-state index contributed by atoms with van der Waals surface area (Å²) in [6.07, 6.45) is 1.99. The van der Waals surface area contributed by atoms with Gasteiger partial charge in [0.1, 0.15) is 12.4 Å². The van der Waals surface area contributed by atoms with Crippen LogP contribution in [-0.4, -0.2) is 42.2 Å². The largest absolute Gasteiger partial charge is 0.356 e. The monoisotopic (exact) mass is 243 g/mol. The van der Waals surface area contributed by atoms with Gasteiger partial charge in [-0.15, -0.1) is 0 Å². The second kappa shape index (κ2) is 4.53. The number of aliphatic imine (C=N–C) groups is 1. The molecule has 0 saturated carbocycles. The molecule has 0 bridgehead atoms. The van der Waals surface area contributed by atoms with Gasteiger partial charge in [0.25, 0.3) is 0 Å². The molecule has 2 aliphatic heterocycles. The van der Waals surface area contributed by atoms with E-state index in [0.29, 0.717) is 6.04 Å². The Morgan fingerprint density at radius 2 is 1.83 bits per heavy atom. The molecule has 4 nitrogen and oxygen atoms in total. The molecule has 1 saturated heterocycles. The molecular weight excluding hydrogens is 226 g/mol. The van der Waals surface area contributed by atoms with E-state index in [1.54, 1.807) is 0 Å². The molecule has 0 aromatic heterocycles. The van der Waals surface area contributed by atoms with Crippen molar-refractivity contribution in [1.29, 1.82) is 0 Å². The molecule has 2 aliphatic rings. The third-order valence-electron chi connectivity index (χ3n) is 3.68. The van der Waals surface area contributed by atoms with Crippen molar-refractivity contribution in [2.75, 3.05) is 19.6 Å². The van der Waals surface area contributed by atoms with Crippen LogP contribution in [0, 0.1) is 0 Å². The van der Waals surface area contributed by atoms with Gasteiger partial charge in [0.2, 0.25) is 0 Å². The number of nitrogens with zero attached hydrogens (tertiary/aromatic N) is 2. The molecule has 0 spiro atoms. The lowest BCUT2D eigenvalue weighted by Crippen LogP contribution is -2.44. The van der Waals surface area contributed by atoms with Crippen molar-refractivity contribution in [3.63, 3.8) is 0 Å². The number of fused-ring (bicyclic) bond motifs is 1. The lowest BCUT2D eigenvalue weighted by Gasteiger charge is -2.34. The van der Waals surface area contributed by atoms with Crippen LogP contribution >= 0.6 is 0 Å². The molecule has 0 unspecified atom stereocenters. The van der Waals surface area contributed by atoms with Crippen molar-refractivity contribution in [3.05, 3.63) is 35.4 Å². The molecular formula is C14H17N3O. The molecule has 2 heterocycles. The number of ketones is 1. The molecule has 2 N–H and O–H groups in total. The van der Waals surface area contributed by atoms with Crippen LogP contribution in [0.15, 0.2) is 29.3 Å². The van der Waals surface area contributed by atoms with Crippen molar-refractivity contribution >= 4 is 11.6 Å². The average Bonchev–Trinajstić information content (AvgIpc) is 2.41. The van der Waals surface area contributed by atoms with E-state index in [9.17, 15) is 4.79 Å². The van der Waals surface area contributed by atoms with Crippen LogP contribution in [0.25, 0.3) is 0 Å². The summed E-state index contributed by atoms with van der Waals surface area (Å²) in [4.78, 5) is 18.5. The Labute approximate surface area is 106 Å². The highest BCUT2D eigenvalue weighted by molar-refractivity contribution is 6.14. The number of hydrogen-bond donors (Lipinski definition) is 1. The van der Waals surface area contributed by atoms with Gasteiger partial charge in [0.15, 0.2) is 5.78 Å². The topological polar surface area (TPSA) is 58.7 Å². The third kappa shape index (κ3) is 1.93. The van der Waals surface area contributed by atoms with E-state index in [-0.39, 0.29) is 12.3 Å². The maximum Gasteiger partial charge on any atom is 0.185 e. The third-order valence-corrected chi connectivity index (χ3v) is 3.68. The van der Waals surface area contributed by atoms with Gasteiger partial charge in [-0.2, -0.15) is 0 Å². The van der Waals surface area contributed by atoms with Crippen LogP contribution in [-0.2, 0) is 0 Å². The van der Waals surface area contributed by atoms with Crippen LogP contribution in [0.3, 0.4) is 0 Å². The summed E-state index contributed by atoms with van der Waals surface area (Å²) >= 11 is 0. The Morgan fingerprint density at radius 3 is 2.56 bits per heavy atom. The fourth-order valence-electron chi connectivity index (χ4n) is 2.62. The van der Waals surface area contributed by atoms with E-state index in [2.05, 4.69) is 9.89 Å². The van der Waals surface area contributed by atoms with Crippen molar-refractivity contribution in [2.24, 2.45) is 10.7 Å². The Kier molecular flexibility index (Phi) is 2.88. The molecule has 0 aliphatic carbocycles. The zero-order valence-corrected chi connectivity index (χ0v) is 10.3. The molecule has 3 rings (SSSR count). The first-order valence-corrected chi connectivity index (χ1v) is 6.43. The first-order chi connectivity index (χ1) is 8.75. The van der Waals surface area contributed by atoms with Gasteiger partial charge in [-0.1, -0.05) is 24.3 Å². The predicted octanol–water partition coefficient (Wildman–Crippen LogP) is 1.05. The van der Waals surface area contributed by atoms with Crippen LogP contribution < -0.4 is 5.73 Å². The Morgan fingerprint density at radius 1 is 1.17 bits per heavy atom. The number of nitrogens with two attached hydrogens (primary N) is 1. The smallest absolute Gasteiger partial charge is 0.185 e. The Balaban J connectivity index is 1.91. The fourth-order valence-corrected chi connectivity index (χ4v) is 2.62. The minimum Gasteiger partial charge on any atom is -0.356 e. The number of rotatable bonds is 0. The number of benzene rings is 1. The number of Topliss-reactive ketones (excluding diaryl/α,β-unsaturated/α-hetero) is 1. The first kappa shape index (κ1) is 11.4. The van der Waals surface area contributed by atoms with E-state index in [1.165, 1.54) is 0 Å². The van der Waals surface area contributed by atoms with Crippen molar-refractivity contribution in [3.8, 4) is 0 Å². The molecule has 4 heteroatoms. The highest BCUT2D eigenvalue weighted by Crippen LogP contribution is 2.20. The summed E-state index contributed by atoms with van der Waals surface area (Å²) in [5.74, 6) is 1.08. The van der Waals surface area contributed by atoms with E-state index in [4.69, 9.17) is 5.73 Å². The number of hydrogen-bond acceptors (Lipinski definition) is 4. The normalized spacial score (nSPS) is 20.6. The fraction of sp³-hybridized carbons (Fsp3) is 0.429. The number of carbonyl (C=O) groups excluding carboxylic acids is 1. The molecule has 0 amide bonds. The summed E-state index contributed by atoms with van der Waals surface area (Å²) in [7, 11) is 0. The maximum absolute atomic E-state index is 11.8. The lowest BCUT2D eigenvalue weighted by atomic mass is 9.97. The van der Waals surface area contributed by atoms with Gasteiger partial charge in [0.05, 0.1) is 0 Å². The first-order valence-electron chi connectivity index (χ1n) is 6.43. The van der Waals surface area contributed by atoms with Crippen LogP contribution in [0.5, 0.6) is 0 Å². The Bertz CT molecular complexity index is 502. The second-order valence-corrected chi connectivity index (χ2v) is 4.93. The highest BCUT2D eigenvalue weighted by atomic mass is 16.1. The predicted molar refractivity (Wildman–Crippen MR) is 71.0 cm³/mol. The van der Waals surface area contributed by atoms with Gasteiger partial charge >= 0.3 is 0 Å². The SMILES string of the molecule is NC1CCN(C2=NCC(=O)c3ccccc32)CC1. The molecule has 18 heavy (non-hydrogen) atoms. The van der Waals surface area contributed by atoms with Gasteiger partial charge in [0, 0.05) is 30.3 Å². The standard InChI is InChI=1S/C14H17N3O/c15-10-5-7-17(8-6-10)14-12-4-2-1-3-11(12)13(18)9-16-14/h1-4,10H,5-9,15H2. The van der Waals surface area contributed by atoms with E-state index in [1.807, 2.05) is 24.3 Å². The van der Waals surface area contributed by atoms with Crippen LogP contribution in [0.4, 0.5) is 0 Å². The number of carbonyl (C=O) groups is 1. The quantitative estimate of drug-likeness (QED) is 0.741. The zero-order valence-electron chi connectivity index (χ0n) is 10.3. The molecule has 1 aromatic carbocycles. The second-order valence-electron chi connectivity index (χ2n) is 4.93. The van der Waals surface area contributed by atoms with Crippen molar-refractivity contribution in [1.82, 2.24) is 4.90 Å². The molecule has 94 valence electrons. The minimum absolute atomic E-state index is 0.114. The number of amidine groups is 1. The van der Waals surface area contributed by atoms with Gasteiger partial charge < -0.3 is 10.6 Å². The minimum atomic E-state index is 0.114. The number of piperidine rings is 1. The average molecular weight is 243 g/mol. The summed E-state index contributed by atoms with van der Waals surface area (Å²) in [6.45, 7) is 2.14. The van der Waals surface area contributed by atoms with Gasteiger partial charge in [-0.25, -0.2) is 0 Å². The summed E-state index contributed by atoms with van der Waals surface area (Å²) in [5.41, 5.74) is 7.70. The summed E-state index contributed by atoms with van der Waals surface area (Å²) in [6, 6.07) is 8.05. The molecule has 1 fully saturated rings. The Hall–Kier alpha value is -1.68. The maximum atomic E-state index is 11.8. The molecule has 0 radical (unpaired) electrons. The van der Waals surface area contributed by atoms with Gasteiger partial charge in [-0.05, 0) is 12.8 Å². The zero-order chi connectivity index (χ0) is 12.5. The summed E-state index contributed by atoms with van der Waals surface area (Å²) < 4.78 is 0. The van der Waals surface area contributed by atoms with Crippen molar-refractivity contribution in [2.45, 2.75) is 18.9 Å². The lowest BCUT2D eigenvalue weighted by molar-refractivity contribution is 0.0999. The van der Waals surface area contributed by atoms with Crippen LogP contribution in [0.2, 0.25) is 0 Å². The van der Waals surface area contributed by atoms with E-state index >= 15 is 0 Å². The van der Waals surface area contributed by atoms with E-state index in [0.717, 1.165) is 42.9 Å². The van der Waals surface area contributed by atoms with Gasteiger partial charge in [-0.3, -0.25) is 9.79 Å². The van der Waals surface area contributed by atoms with Crippen LogP contribution in [0.1, 0.15) is 28.8 Å². The van der Waals surface area contributed by atoms with E-state index < -0.39 is 0 Å². The number of likely N-dealkylation sites (tertiary alicyclic amines) is 1. The summed E-state index contributed by atoms with van der Waals surface area (Å²) in [5, 5.41) is 0.